The number of aromatic nitrogens is 1. The minimum atomic E-state index is 0.514. The van der Waals surface area contributed by atoms with Crippen molar-refractivity contribution in [2.75, 3.05) is 38.2 Å². The Kier molecular flexibility index (Phi) is 5.60. The van der Waals surface area contributed by atoms with Crippen LogP contribution in [0.2, 0.25) is 5.02 Å². The van der Waals surface area contributed by atoms with Crippen LogP contribution in [0.15, 0.2) is 47.6 Å². The monoisotopic (exact) mass is 359 g/mol. The molecule has 0 unspecified atom stereocenters. The number of aliphatic imine (C=N–C) groups is 1. The van der Waals surface area contributed by atoms with Crippen LogP contribution >= 0.6 is 11.6 Å². The zero-order valence-electron chi connectivity index (χ0n) is 14.2. The van der Waals surface area contributed by atoms with Gasteiger partial charge in [0.1, 0.15) is 0 Å². The van der Waals surface area contributed by atoms with Gasteiger partial charge in [0.25, 0.3) is 0 Å². The Labute approximate surface area is 152 Å². The van der Waals surface area contributed by atoms with Crippen molar-refractivity contribution in [3.8, 4) is 5.88 Å². The molecular weight excluding hydrogens is 338 g/mol. The molecule has 2 N–H and O–H groups in total. The SMILES string of the molecule is COc1ccc(CN=C(N)N2CCN(c3ccc(Cl)cc3)CC2)cn1. The molecule has 25 heavy (non-hydrogen) atoms. The molecule has 1 saturated heterocycles. The van der Waals surface area contributed by atoms with E-state index >= 15 is 0 Å². The summed E-state index contributed by atoms with van der Waals surface area (Å²) in [5, 5.41) is 0.756. The fraction of sp³-hybridized carbons (Fsp3) is 0.333. The maximum absolute atomic E-state index is 6.15. The van der Waals surface area contributed by atoms with Gasteiger partial charge in [-0.25, -0.2) is 9.98 Å². The molecule has 2 aromatic rings. The van der Waals surface area contributed by atoms with Crippen molar-refractivity contribution in [1.82, 2.24) is 9.88 Å². The van der Waals surface area contributed by atoms with Gasteiger partial charge in [-0.15, -0.1) is 0 Å². The van der Waals surface area contributed by atoms with Crippen molar-refractivity contribution < 1.29 is 4.74 Å². The molecule has 6 nitrogen and oxygen atoms in total. The van der Waals surface area contributed by atoms with E-state index in [0.29, 0.717) is 18.4 Å². The van der Waals surface area contributed by atoms with Gasteiger partial charge < -0.3 is 20.3 Å². The number of hydrogen-bond donors (Lipinski definition) is 1. The molecule has 3 rings (SSSR count). The molecule has 1 fully saturated rings. The fourth-order valence-electron chi connectivity index (χ4n) is 2.74. The van der Waals surface area contributed by atoms with E-state index in [1.54, 1.807) is 13.3 Å². The van der Waals surface area contributed by atoms with Crippen LogP contribution in [-0.2, 0) is 6.54 Å². The number of rotatable bonds is 4. The van der Waals surface area contributed by atoms with Gasteiger partial charge in [-0.05, 0) is 29.8 Å². The van der Waals surface area contributed by atoms with Crippen molar-refractivity contribution in [3.05, 3.63) is 53.2 Å². The Bertz CT molecular complexity index is 709. The average molecular weight is 360 g/mol. The van der Waals surface area contributed by atoms with Gasteiger partial charge in [0, 0.05) is 49.2 Å². The summed E-state index contributed by atoms with van der Waals surface area (Å²) in [6.45, 7) is 4.02. The second kappa shape index (κ2) is 8.07. The summed E-state index contributed by atoms with van der Waals surface area (Å²) < 4.78 is 5.05. The smallest absolute Gasteiger partial charge is 0.212 e. The highest BCUT2D eigenvalue weighted by Crippen LogP contribution is 2.19. The molecule has 0 aliphatic carbocycles. The van der Waals surface area contributed by atoms with E-state index in [1.165, 1.54) is 5.69 Å². The number of hydrogen-bond acceptors (Lipinski definition) is 4. The van der Waals surface area contributed by atoms with Crippen LogP contribution in [-0.4, -0.2) is 49.1 Å². The zero-order chi connectivity index (χ0) is 17.6. The maximum Gasteiger partial charge on any atom is 0.212 e. The molecule has 7 heteroatoms. The van der Waals surface area contributed by atoms with E-state index in [0.717, 1.165) is 36.8 Å². The first-order valence-corrected chi connectivity index (χ1v) is 8.58. The molecule has 1 aromatic heterocycles. The Morgan fingerprint density at radius 3 is 2.48 bits per heavy atom. The Morgan fingerprint density at radius 1 is 1.16 bits per heavy atom. The fourth-order valence-corrected chi connectivity index (χ4v) is 2.87. The number of halogens is 1. The third-order valence-electron chi connectivity index (χ3n) is 4.23. The number of benzene rings is 1. The van der Waals surface area contributed by atoms with Gasteiger partial charge in [0.05, 0.1) is 13.7 Å². The first-order valence-electron chi connectivity index (χ1n) is 8.20. The van der Waals surface area contributed by atoms with Crippen LogP contribution < -0.4 is 15.4 Å². The molecular formula is C18H22ClN5O. The first kappa shape index (κ1) is 17.4. The third-order valence-corrected chi connectivity index (χ3v) is 4.48. The van der Waals surface area contributed by atoms with E-state index in [4.69, 9.17) is 22.1 Å². The van der Waals surface area contributed by atoms with E-state index in [-0.39, 0.29) is 0 Å². The predicted octanol–water partition coefficient (Wildman–Crippen LogP) is 2.38. The quantitative estimate of drug-likeness (QED) is 0.670. The minimum Gasteiger partial charge on any atom is -0.481 e. The minimum absolute atomic E-state index is 0.514. The second-order valence-corrected chi connectivity index (χ2v) is 6.27. The largest absolute Gasteiger partial charge is 0.481 e. The van der Waals surface area contributed by atoms with Crippen LogP contribution in [0.4, 0.5) is 5.69 Å². The first-order chi connectivity index (χ1) is 12.2. The Morgan fingerprint density at radius 2 is 1.88 bits per heavy atom. The third kappa shape index (κ3) is 4.54. The normalized spacial score (nSPS) is 15.4. The van der Waals surface area contributed by atoms with Crippen LogP contribution in [0.1, 0.15) is 5.56 Å². The Hall–Kier alpha value is -2.47. The van der Waals surface area contributed by atoms with E-state index in [1.807, 2.05) is 36.4 Å². The molecule has 1 aromatic carbocycles. The number of ether oxygens (including phenoxy) is 1. The van der Waals surface area contributed by atoms with Crippen molar-refractivity contribution in [2.24, 2.45) is 10.7 Å². The van der Waals surface area contributed by atoms with Gasteiger partial charge in [-0.2, -0.15) is 0 Å². The number of nitrogens with zero attached hydrogens (tertiary/aromatic N) is 4. The number of guanidine groups is 1. The van der Waals surface area contributed by atoms with Crippen LogP contribution in [0.3, 0.4) is 0 Å². The predicted molar refractivity (Wildman–Crippen MR) is 101 cm³/mol. The number of pyridine rings is 1. The summed E-state index contributed by atoms with van der Waals surface area (Å²) in [6.07, 6.45) is 1.76. The van der Waals surface area contributed by atoms with Crippen LogP contribution in [0, 0.1) is 0 Å². The number of piperazine rings is 1. The summed E-state index contributed by atoms with van der Waals surface area (Å²) in [7, 11) is 1.60. The standard InChI is InChI=1S/C18H22ClN5O/c1-25-17-7-2-14(12-21-17)13-22-18(20)24-10-8-23(9-11-24)16-5-3-15(19)4-6-16/h2-7,12H,8-11,13H2,1H3,(H2,20,22). The van der Waals surface area contributed by atoms with Gasteiger partial charge >= 0.3 is 0 Å². The lowest BCUT2D eigenvalue weighted by molar-refractivity contribution is 0.380. The zero-order valence-corrected chi connectivity index (χ0v) is 15.0. The summed E-state index contributed by atoms with van der Waals surface area (Å²) in [4.78, 5) is 13.1. The van der Waals surface area contributed by atoms with Gasteiger partial charge in [-0.1, -0.05) is 17.7 Å². The molecule has 0 bridgehead atoms. The molecule has 0 radical (unpaired) electrons. The second-order valence-electron chi connectivity index (χ2n) is 5.83. The summed E-state index contributed by atoms with van der Waals surface area (Å²) in [5.74, 6) is 1.17. The molecule has 0 amide bonds. The molecule has 0 atom stereocenters. The van der Waals surface area contributed by atoms with Crippen molar-refractivity contribution >= 4 is 23.2 Å². The molecule has 0 spiro atoms. The topological polar surface area (TPSA) is 67.0 Å². The maximum atomic E-state index is 6.15. The highest BCUT2D eigenvalue weighted by molar-refractivity contribution is 6.30. The van der Waals surface area contributed by atoms with E-state index in [9.17, 15) is 0 Å². The highest BCUT2D eigenvalue weighted by atomic mass is 35.5. The van der Waals surface area contributed by atoms with Crippen molar-refractivity contribution in [1.29, 1.82) is 0 Å². The number of nitrogens with two attached hydrogens (primary N) is 1. The lowest BCUT2D eigenvalue weighted by atomic mass is 10.2. The van der Waals surface area contributed by atoms with Crippen molar-refractivity contribution in [2.45, 2.75) is 6.54 Å². The summed E-state index contributed by atoms with van der Waals surface area (Å²) in [5.41, 5.74) is 8.34. The van der Waals surface area contributed by atoms with Gasteiger partial charge in [-0.3, -0.25) is 0 Å². The number of methoxy groups -OCH3 is 1. The Balaban J connectivity index is 1.53. The van der Waals surface area contributed by atoms with Gasteiger partial charge in [0.15, 0.2) is 5.96 Å². The summed E-state index contributed by atoms with van der Waals surface area (Å²) >= 11 is 5.95. The van der Waals surface area contributed by atoms with E-state index in [2.05, 4.69) is 19.8 Å². The highest BCUT2D eigenvalue weighted by Gasteiger charge is 2.18. The van der Waals surface area contributed by atoms with Crippen LogP contribution in [0.25, 0.3) is 0 Å². The average Bonchev–Trinajstić information content (AvgIpc) is 2.67. The van der Waals surface area contributed by atoms with Crippen molar-refractivity contribution in [3.63, 3.8) is 0 Å². The number of anilines is 1. The molecule has 0 saturated carbocycles. The molecule has 2 heterocycles. The van der Waals surface area contributed by atoms with E-state index < -0.39 is 0 Å². The molecule has 132 valence electrons. The summed E-state index contributed by atoms with van der Waals surface area (Å²) in [6, 6.07) is 11.7. The van der Waals surface area contributed by atoms with Gasteiger partial charge in [0.2, 0.25) is 5.88 Å². The lowest BCUT2D eigenvalue weighted by Crippen LogP contribution is -2.51. The molecule has 1 aliphatic heterocycles. The molecule has 1 aliphatic rings. The van der Waals surface area contributed by atoms with Crippen LogP contribution in [0.5, 0.6) is 5.88 Å². The lowest BCUT2D eigenvalue weighted by Gasteiger charge is -2.36.